The van der Waals surface area contributed by atoms with Gasteiger partial charge in [-0.15, -0.1) is 0 Å². The largest absolute Gasteiger partial charge is 0.379 e. The van der Waals surface area contributed by atoms with Gasteiger partial charge in [-0.1, -0.05) is 0 Å². The zero-order valence-electron chi connectivity index (χ0n) is 11.7. The van der Waals surface area contributed by atoms with Crippen LogP contribution in [0.3, 0.4) is 0 Å². The Hall–Kier alpha value is -1.34. The molecule has 0 aliphatic carbocycles. The molecule has 7 nitrogen and oxygen atoms in total. The average molecular weight is 283 g/mol. The number of hydroxylamine groups is 1. The van der Waals surface area contributed by atoms with E-state index in [1.54, 1.807) is 16.8 Å². The molecule has 3 aliphatic heterocycles. The molecular formula is C13H21N3O4. The normalized spacial score (nSPS) is 33.5. The lowest BCUT2D eigenvalue weighted by atomic mass is 10.0. The first kappa shape index (κ1) is 13.6. The summed E-state index contributed by atoms with van der Waals surface area (Å²) in [7, 11) is 1.79. The Morgan fingerprint density at radius 2 is 2.25 bits per heavy atom. The van der Waals surface area contributed by atoms with Crippen LogP contribution in [0.2, 0.25) is 0 Å². The Bertz CT molecular complexity index is 397. The van der Waals surface area contributed by atoms with Crippen LogP contribution >= 0.6 is 0 Å². The lowest BCUT2D eigenvalue weighted by Crippen LogP contribution is -2.50. The summed E-state index contributed by atoms with van der Waals surface area (Å²) in [5.41, 5.74) is 2.51. The molecule has 20 heavy (non-hydrogen) atoms. The Labute approximate surface area is 118 Å². The van der Waals surface area contributed by atoms with E-state index in [2.05, 4.69) is 5.48 Å². The van der Waals surface area contributed by atoms with Gasteiger partial charge in [0.25, 0.3) is 5.91 Å². The maximum atomic E-state index is 12.2. The fourth-order valence-electron chi connectivity index (χ4n) is 3.12. The highest BCUT2D eigenvalue weighted by Gasteiger charge is 2.45. The minimum Gasteiger partial charge on any atom is -0.379 e. The number of likely N-dealkylation sites (N-methyl/N-ethyl adjacent to an activating group) is 1. The van der Waals surface area contributed by atoms with Crippen molar-refractivity contribution in [3.05, 3.63) is 0 Å². The van der Waals surface area contributed by atoms with E-state index < -0.39 is 6.04 Å². The van der Waals surface area contributed by atoms with Crippen LogP contribution in [0.15, 0.2) is 0 Å². The van der Waals surface area contributed by atoms with Crippen molar-refractivity contribution < 1.29 is 19.2 Å². The number of piperidine rings is 1. The van der Waals surface area contributed by atoms with Crippen molar-refractivity contribution >= 4 is 11.9 Å². The average Bonchev–Trinajstić information content (AvgIpc) is 2.71. The van der Waals surface area contributed by atoms with E-state index in [-0.39, 0.29) is 24.1 Å². The molecule has 2 bridgehead atoms. The second kappa shape index (κ2) is 5.57. The number of amides is 3. The van der Waals surface area contributed by atoms with Gasteiger partial charge in [-0.25, -0.2) is 10.3 Å². The molecule has 0 radical (unpaired) electrons. The molecule has 3 rings (SSSR count). The highest BCUT2D eigenvalue weighted by Crippen LogP contribution is 2.28. The molecule has 1 N–H and O–H groups in total. The van der Waals surface area contributed by atoms with E-state index in [1.807, 2.05) is 0 Å². The molecule has 3 fully saturated rings. The molecule has 3 amide bonds. The van der Waals surface area contributed by atoms with Gasteiger partial charge in [-0.3, -0.25) is 9.63 Å². The summed E-state index contributed by atoms with van der Waals surface area (Å²) in [6.45, 7) is 1.91. The zero-order chi connectivity index (χ0) is 14.1. The minimum atomic E-state index is -0.409. The fourth-order valence-corrected chi connectivity index (χ4v) is 3.12. The Morgan fingerprint density at radius 1 is 1.40 bits per heavy atom. The topological polar surface area (TPSA) is 71.1 Å². The number of fused-ring (bicyclic) bond motifs is 2. The summed E-state index contributed by atoms with van der Waals surface area (Å²) in [5.74, 6) is -0.224. The highest BCUT2D eigenvalue weighted by atomic mass is 16.7. The van der Waals surface area contributed by atoms with Crippen LogP contribution in [0.4, 0.5) is 4.79 Å². The Morgan fingerprint density at radius 3 is 3.00 bits per heavy atom. The first-order valence-corrected chi connectivity index (χ1v) is 7.23. The van der Waals surface area contributed by atoms with Crippen LogP contribution in [0.25, 0.3) is 0 Å². The summed E-state index contributed by atoms with van der Waals surface area (Å²) in [6, 6.07) is -0.221. The van der Waals surface area contributed by atoms with Gasteiger partial charge >= 0.3 is 6.03 Å². The number of nitrogens with zero attached hydrogens (tertiary/aromatic N) is 2. The molecule has 3 saturated heterocycles. The van der Waals surface area contributed by atoms with Crippen LogP contribution in [-0.2, 0) is 14.4 Å². The maximum Gasteiger partial charge on any atom is 0.320 e. The highest BCUT2D eigenvalue weighted by molar-refractivity contribution is 5.88. The van der Waals surface area contributed by atoms with Gasteiger partial charge < -0.3 is 14.5 Å². The van der Waals surface area contributed by atoms with Crippen LogP contribution in [0.5, 0.6) is 0 Å². The van der Waals surface area contributed by atoms with Gasteiger partial charge in [0.1, 0.15) is 12.1 Å². The number of rotatable bonds is 3. The summed E-state index contributed by atoms with van der Waals surface area (Å²) in [5, 5.41) is 0. The van der Waals surface area contributed by atoms with E-state index in [4.69, 9.17) is 9.57 Å². The minimum absolute atomic E-state index is 0.0614. The number of hydrogen-bond donors (Lipinski definition) is 1. The van der Waals surface area contributed by atoms with E-state index in [1.165, 1.54) is 0 Å². The van der Waals surface area contributed by atoms with Crippen molar-refractivity contribution in [2.45, 2.75) is 43.9 Å². The number of nitrogens with one attached hydrogen (secondary N) is 1. The molecule has 3 atom stereocenters. The predicted octanol–water partition coefficient (Wildman–Crippen LogP) is 0.112. The van der Waals surface area contributed by atoms with E-state index in [9.17, 15) is 9.59 Å². The molecule has 3 heterocycles. The van der Waals surface area contributed by atoms with Crippen molar-refractivity contribution in [3.8, 4) is 0 Å². The van der Waals surface area contributed by atoms with Crippen LogP contribution in [0.1, 0.15) is 25.7 Å². The molecular weight excluding hydrogens is 262 g/mol. The van der Waals surface area contributed by atoms with Gasteiger partial charge in [0.15, 0.2) is 0 Å². The van der Waals surface area contributed by atoms with Crippen molar-refractivity contribution in [2.24, 2.45) is 0 Å². The van der Waals surface area contributed by atoms with Gasteiger partial charge in [0.05, 0.1) is 12.6 Å². The van der Waals surface area contributed by atoms with Crippen molar-refractivity contribution in [1.29, 1.82) is 0 Å². The second-order valence-corrected chi connectivity index (χ2v) is 5.72. The maximum absolute atomic E-state index is 12.2. The van der Waals surface area contributed by atoms with Crippen LogP contribution in [-0.4, -0.2) is 66.7 Å². The Kier molecular flexibility index (Phi) is 3.80. The monoisotopic (exact) mass is 283 g/mol. The molecule has 0 aromatic carbocycles. The lowest BCUT2D eigenvalue weighted by Gasteiger charge is -2.30. The molecule has 7 heteroatoms. The third-order valence-electron chi connectivity index (χ3n) is 4.40. The summed E-state index contributed by atoms with van der Waals surface area (Å²) >= 11 is 0. The molecule has 1 unspecified atom stereocenters. The van der Waals surface area contributed by atoms with Gasteiger partial charge in [-0.2, -0.15) is 0 Å². The van der Waals surface area contributed by atoms with Gasteiger partial charge in [-0.05, 0) is 25.7 Å². The molecule has 0 saturated carbocycles. The zero-order valence-corrected chi connectivity index (χ0v) is 11.7. The third-order valence-corrected chi connectivity index (χ3v) is 4.40. The van der Waals surface area contributed by atoms with Gasteiger partial charge in [0.2, 0.25) is 0 Å². The second-order valence-electron chi connectivity index (χ2n) is 5.72. The number of hydrogen-bond acceptors (Lipinski definition) is 4. The lowest BCUT2D eigenvalue weighted by molar-refractivity contribution is -0.150. The standard InChI is InChI=1S/C13H21N3O4/c1-15-9-4-5-11(16(7-9)13(15)18)12(17)14-20-10-3-2-6-19-8-10/h9-11H,2-8H2,1H3,(H,14,17)/t9-,10?,11+/m1/s1. The van der Waals surface area contributed by atoms with Crippen molar-refractivity contribution in [1.82, 2.24) is 15.3 Å². The van der Waals surface area contributed by atoms with Gasteiger partial charge in [0, 0.05) is 20.2 Å². The van der Waals surface area contributed by atoms with Crippen molar-refractivity contribution in [2.75, 3.05) is 26.8 Å². The SMILES string of the molecule is CN1C(=O)N2C[C@H]1CC[C@H]2C(=O)NOC1CCCOC1. The van der Waals surface area contributed by atoms with Crippen LogP contribution in [0, 0.1) is 0 Å². The molecule has 112 valence electrons. The summed E-state index contributed by atoms with van der Waals surface area (Å²) in [6.07, 6.45) is 3.31. The molecule has 0 spiro atoms. The molecule has 3 aliphatic rings. The molecule has 0 aromatic heterocycles. The third kappa shape index (κ3) is 2.47. The molecule has 0 aromatic rings. The summed E-state index contributed by atoms with van der Waals surface area (Å²) < 4.78 is 5.29. The number of ether oxygens (including phenoxy) is 1. The number of carbonyl (C=O) groups is 2. The smallest absolute Gasteiger partial charge is 0.320 e. The van der Waals surface area contributed by atoms with E-state index >= 15 is 0 Å². The summed E-state index contributed by atoms with van der Waals surface area (Å²) in [4.78, 5) is 33.0. The number of urea groups is 1. The van der Waals surface area contributed by atoms with E-state index in [0.29, 0.717) is 19.6 Å². The quantitative estimate of drug-likeness (QED) is 0.746. The first-order chi connectivity index (χ1) is 9.66. The first-order valence-electron chi connectivity index (χ1n) is 7.23. The predicted molar refractivity (Wildman–Crippen MR) is 69.7 cm³/mol. The fraction of sp³-hybridized carbons (Fsp3) is 0.846. The van der Waals surface area contributed by atoms with Crippen molar-refractivity contribution in [3.63, 3.8) is 0 Å². The van der Waals surface area contributed by atoms with Crippen LogP contribution < -0.4 is 5.48 Å². The number of carbonyl (C=O) groups excluding carboxylic acids is 2. The van der Waals surface area contributed by atoms with E-state index in [0.717, 1.165) is 25.9 Å². The Balaban J connectivity index is 1.53.